The van der Waals surface area contributed by atoms with Crippen molar-refractivity contribution in [3.05, 3.63) is 78.0 Å². The monoisotopic (exact) mass is 399 g/mol. The van der Waals surface area contributed by atoms with Crippen LogP contribution in [-0.4, -0.2) is 51.5 Å². The molecule has 6 nitrogen and oxygen atoms in total. The van der Waals surface area contributed by atoms with E-state index in [0.29, 0.717) is 37.0 Å². The van der Waals surface area contributed by atoms with E-state index in [1.807, 2.05) is 70.5 Å². The van der Waals surface area contributed by atoms with Crippen molar-refractivity contribution in [2.24, 2.45) is 0 Å². The molecule has 0 radical (unpaired) electrons. The molecule has 0 saturated carbocycles. The van der Waals surface area contributed by atoms with Gasteiger partial charge in [-0.15, -0.1) is 0 Å². The maximum atomic E-state index is 13.5. The fourth-order valence-electron chi connectivity index (χ4n) is 5.34. The first-order valence-electron chi connectivity index (χ1n) is 10.4. The Hall–Kier alpha value is -3.25. The van der Waals surface area contributed by atoms with E-state index < -0.39 is 5.72 Å². The van der Waals surface area contributed by atoms with Gasteiger partial charge in [-0.3, -0.25) is 14.6 Å². The number of rotatable bonds is 2. The second-order valence-corrected chi connectivity index (χ2v) is 8.22. The largest absolute Gasteiger partial charge is 0.343 e. The second kappa shape index (κ2) is 6.37. The average molecular weight is 399 g/mol. The third-order valence-corrected chi connectivity index (χ3v) is 6.72. The van der Waals surface area contributed by atoms with Crippen molar-refractivity contribution in [3.8, 4) is 0 Å². The summed E-state index contributed by atoms with van der Waals surface area (Å²) in [6, 6.07) is 19.2. The third-order valence-electron chi connectivity index (χ3n) is 6.72. The number of amides is 2. The number of likely N-dealkylation sites (tertiary alicyclic amines) is 1. The lowest BCUT2D eigenvalue weighted by Gasteiger charge is -2.32. The minimum Gasteiger partial charge on any atom is -0.343 e. The molecule has 30 heavy (non-hydrogen) atoms. The Morgan fingerprint density at radius 3 is 2.77 bits per heavy atom. The lowest BCUT2D eigenvalue weighted by molar-refractivity contribution is -0.138. The summed E-state index contributed by atoms with van der Waals surface area (Å²) in [5.41, 5.74) is 1.62. The Balaban J connectivity index is 1.35. The van der Waals surface area contributed by atoms with Crippen molar-refractivity contribution in [1.29, 1.82) is 0 Å². The van der Waals surface area contributed by atoms with Crippen molar-refractivity contribution < 1.29 is 14.3 Å². The Morgan fingerprint density at radius 1 is 1.07 bits per heavy atom. The highest BCUT2D eigenvalue weighted by Gasteiger charge is 2.65. The molecule has 150 valence electrons. The van der Waals surface area contributed by atoms with E-state index in [9.17, 15) is 9.59 Å². The van der Waals surface area contributed by atoms with Gasteiger partial charge in [0.15, 0.2) is 5.72 Å². The maximum Gasteiger partial charge on any atom is 0.256 e. The summed E-state index contributed by atoms with van der Waals surface area (Å²) in [4.78, 5) is 34.5. The predicted octanol–water partition coefficient (Wildman–Crippen LogP) is 3.15. The van der Waals surface area contributed by atoms with Gasteiger partial charge in [-0.2, -0.15) is 0 Å². The minimum absolute atomic E-state index is 0.0620. The van der Waals surface area contributed by atoms with Crippen LogP contribution in [0.4, 0.5) is 0 Å². The molecule has 2 amide bonds. The lowest BCUT2D eigenvalue weighted by atomic mass is 10.0. The maximum absolute atomic E-state index is 13.5. The second-order valence-electron chi connectivity index (χ2n) is 8.22. The fourth-order valence-corrected chi connectivity index (χ4v) is 5.34. The number of benzene rings is 2. The Labute approximate surface area is 174 Å². The van der Waals surface area contributed by atoms with Crippen LogP contribution in [-0.2, 0) is 9.53 Å². The zero-order valence-electron chi connectivity index (χ0n) is 16.4. The van der Waals surface area contributed by atoms with Gasteiger partial charge in [0.2, 0.25) is 5.91 Å². The van der Waals surface area contributed by atoms with E-state index in [2.05, 4.69) is 4.98 Å². The molecule has 0 aliphatic carbocycles. The highest BCUT2D eigenvalue weighted by atomic mass is 16.5. The van der Waals surface area contributed by atoms with Gasteiger partial charge in [-0.25, -0.2) is 0 Å². The predicted molar refractivity (Wildman–Crippen MR) is 111 cm³/mol. The molecular formula is C24H21N3O3. The van der Waals surface area contributed by atoms with E-state index in [1.165, 1.54) is 0 Å². The highest BCUT2D eigenvalue weighted by molar-refractivity contribution is 6.06. The summed E-state index contributed by atoms with van der Waals surface area (Å²) < 4.78 is 6.55. The first-order valence-corrected chi connectivity index (χ1v) is 10.4. The van der Waals surface area contributed by atoms with Crippen molar-refractivity contribution in [2.75, 3.05) is 13.1 Å². The van der Waals surface area contributed by atoms with Crippen LogP contribution in [0.2, 0.25) is 0 Å². The number of para-hydroxylation sites is 1. The molecule has 6 rings (SSSR count). The van der Waals surface area contributed by atoms with Crippen LogP contribution in [0.15, 0.2) is 66.9 Å². The highest BCUT2D eigenvalue weighted by Crippen LogP contribution is 2.50. The molecule has 1 aromatic heterocycles. The summed E-state index contributed by atoms with van der Waals surface area (Å²) >= 11 is 0. The zero-order valence-corrected chi connectivity index (χ0v) is 16.4. The standard InChI is InChI=1S/C24H21N3O3/c28-21-14-20-24(27(21)15-19(30-24)16-6-2-1-3-7-16)11-13-26(20)23(29)18-10-4-8-17-9-5-12-25-22(17)18/h1-10,12,19-20H,11,13-15H2/t19-,20-,24+/m1/s1. The van der Waals surface area contributed by atoms with Crippen LogP contribution < -0.4 is 0 Å². The van der Waals surface area contributed by atoms with E-state index in [4.69, 9.17) is 4.74 Å². The smallest absolute Gasteiger partial charge is 0.256 e. The molecule has 3 aliphatic heterocycles. The number of aromatic nitrogens is 1. The average Bonchev–Trinajstić information content (AvgIpc) is 3.42. The molecule has 0 N–H and O–H groups in total. The van der Waals surface area contributed by atoms with Crippen LogP contribution in [0.5, 0.6) is 0 Å². The molecule has 2 aromatic carbocycles. The zero-order chi connectivity index (χ0) is 20.3. The number of hydrogen-bond acceptors (Lipinski definition) is 4. The van der Waals surface area contributed by atoms with Gasteiger partial charge in [0, 0.05) is 24.5 Å². The number of carbonyl (C=O) groups excluding carboxylic acids is 2. The molecule has 1 spiro atoms. The van der Waals surface area contributed by atoms with Crippen molar-refractivity contribution >= 4 is 22.7 Å². The molecule has 3 atom stereocenters. The van der Waals surface area contributed by atoms with Crippen LogP contribution in [0, 0.1) is 0 Å². The van der Waals surface area contributed by atoms with E-state index in [0.717, 1.165) is 10.9 Å². The topological polar surface area (TPSA) is 62.7 Å². The molecule has 6 heteroatoms. The Bertz CT molecular complexity index is 1160. The lowest BCUT2D eigenvalue weighted by Crippen LogP contribution is -2.48. The fraction of sp³-hybridized carbons (Fsp3) is 0.292. The summed E-state index contributed by atoms with van der Waals surface area (Å²) in [6.45, 7) is 1.11. The molecule has 0 unspecified atom stereocenters. The SMILES string of the molecule is O=C(c1cccc2cccnc12)N1CC[C@@]23O[C@@H](c4ccccc4)CN2C(=O)C[C@@H]13. The van der Waals surface area contributed by atoms with Gasteiger partial charge in [0.05, 0.1) is 30.1 Å². The number of fused-ring (bicyclic) bond motifs is 1. The number of pyridine rings is 1. The molecule has 3 aromatic rings. The van der Waals surface area contributed by atoms with E-state index in [1.54, 1.807) is 6.20 Å². The number of hydrogen-bond donors (Lipinski definition) is 0. The Kier molecular flexibility index (Phi) is 3.74. The normalized spacial score (nSPS) is 27.5. The Morgan fingerprint density at radius 2 is 1.90 bits per heavy atom. The van der Waals surface area contributed by atoms with Gasteiger partial charge in [-0.1, -0.05) is 48.5 Å². The quantitative estimate of drug-likeness (QED) is 0.664. The van der Waals surface area contributed by atoms with Crippen LogP contribution in [0.25, 0.3) is 10.9 Å². The first kappa shape index (κ1) is 17.6. The van der Waals surface area contributed by atoms with Crippen molar-refractivity contribution in [2.45, 2.75) is 30.7 Å². The molecule has 3 fully saturated rings. The summed E-state index contributed by atoms with van der Waals surface area (Å²) in [5.74, 6) is -0.0189. The van der Waals surface area contributed by atoms with Gasteiger partial charge in [-0.05, 0) is 17.7 Å². The van der Waals surface area contributed by atoms with Gasteiger partial charge in [0.25, 0.3) is 5.91 Å². The van der Waals surface area contributed by atoms with E-state index in [-0.39, 0.29) is 24.0 Å². The van der Waals surface area contributed by atoms with E-state index >= 15 is 0 Å². The first-order chi connectivity index (χ1) is 14.7. The number of carbonyl (C=O) groups is 2. The number of nitrogens with zero attached hydrogens (tertiary/aromatic N) is 3. The molecule has 3 saturated heterocycles. The molecular weight excluding hydrogens is 378 g/mol. The molecule has 0 bridgehead atoms. The summed E-state index contributed by atoms with van der Waals surface area (Å²) in [6.07, 6.45) is 2.49. The summed E-state index contributed by atoms with van der Waals surface area (Å²) in [5, 5.41) is 0.933. The summed E-state index contributed by atoms with van der Waals surface area (Å²) in [7, 11) is 0. The van der Waals surface area contributed by atoms with Crippen LogP contribution in [0.3, 0.4) is 0 Å². The van der Waals surface area contributed by atoms with Crippen LogP contribution >= 0.6 is 0 Å². The van der Waals surface area contributed by atoms with Crippen LogP contribution in [0.1, 0.15) is 34.9 Å². The van der Waals surface area contributed by atoms with Crippen molar-refractivity contribution in [1.82, 2.24) is 14.8 Å². The third kappa shape index (κ3) is 2.37. The molecule has 4 heterocycles. The number of ether oxygens (including phenoxy) is 1. The van der Waals surface area contributed by atoms with Crippen molar-refractivity contribution in [3.63, 3.8) is 0 Å². The van der Waals surface area contributed by atoms with Gasteiger partial charge < -0.3 is 14.5 Å². The molecule has 3 aliphatic rings. The minimum atomic E-state index is -0.717. The van der Waals surface area contributed by atoms with Gasteiger partial charge >= 0.3 is 0 Å². The van der Waals surface area contributed by atoms with Gasteiger partial charge in [0.1, 0.15) is 6.10 Å².